The lowest BCUT2D eigenvalue weighted by molar-refractivity contribution is -0.139. The molecule has 0 bridgehead atoms. The summed E-state index contributed by atoms with van der Waals surface area (Å²) in [7, 11) is 0. The van der Waals surface area contributed by atoms with Crippen molar-refractivity contribution in [2.24, 2.45) is 0 Å². The van der Waals surface area contributed by atoms with Gasteiger partial charge in [0.15, 0.2) is 0 Å². The van der Waals surface area contributed by atoms with E-state index < -0.39 is 23.7 Å². The zero-order valence-electron chi connectivity index (χ0n) is 16.6. The number of aliphatic carboxylic acids is 1. The van der Waals surface area contributed by atoms with Crippen LogP contribution in [0.5, 0.6) is 0 Å². The minimum absolute atomic E-state index is 0.0337. The Morgan fingerprint density at radius 1 is 1.13 bits per heavy atom. The van der Waals surface area contributed by atoms with Gasteiger partial charge in [-0.15, -0.1) is 0 Å². The van der Waals surface area contributed by atoms with Crippen molar-refractivity contribution >= 4 is 40.9 Å². The largest absolute Gasteiger partial charge is 0.480 e. The molecule has 2 aromatic heterocycles. The van der Waals surface area contributed by atoms with Crippen LogP contribution in [0.2, 0.25) is 10.0 Å². The topological polar surface area (TPSA) is 92.9 Å². The number of carbonyl (C=O) groups is 2. The van der Waals surface area contributed by atoms with E-state index in [2.05, 4.69) is 10.3 Å². The highest BCUT2D eigenvalue weighted by molar-refractivity contribution is 6.30. The highest BCUT2D eigenvalue weighted by Gasteiger charge is 2.27. The third-order valence-electron chi connectivity index (χ3n) is 4.19. The Bertz CT molecular complexity index is 1090. The van der Waals surface area contributed by atoms with Gasteiger partial charge >= 0.3 is 12.1 Å². The Hall–Kier alpha value is -2.77. The van der Waals surface area contributed by atoms with Crippen LogP contribution in [-0.4, -0.2) is 38.2 Å². The van der Waals surface area contributed by atoms with Crippen LogP contribution in [0.3, 0.4) is 0 Å². The molecule has 30 heavy (non-hydrogen) atoms. The number of rotatable bonds is 5. The number of hydrogen-bond acceptors (Lipinski definition) is 4. The van der Waals surface area contributed by atoms with Gasteiger partial charge in [-0.2, -0.15) is 0 Å². The minimum Gasteiger partial charge on any atom is -0.480 e. The summed E-state index contributed by atoms with van der Waals surface area (Å²) in [5.41, 5.74) is 1.76. The van der Waals surface area contributed by atoms with Crippen LogP contribution in [0.1, 0.15) is 26.5 Å². The molecule has 9 heteroatoms. The average Bonchev–Trinajstić information content (AvgIpc) is 2.98. The number of ether oxygens (including phenoxy) is 1. The van der Waals surface area contributed by atoms with Crippen LogP contribution in [-0.2, 0) is 16.0 Å². The summed E-state index contributed by atoms with van der Waals surface area (Å²) in [5, 5.41) is 13.2. The Balaban J connectivity index is 2.02. The highest BCUT2D eigenvalue weighted by Crippen LogP contribution is 2.28. The molecule has 1 atom stereocenters. The molecule has 1 aromatic carbocycles. The first-order valence-electron chi connectivity index (χ1n) is 9.18. The van der Waals surface area contributed by atoms with Gasteiger partial charge in [0, 0.05) is 23.2 Å². The number of nitrogens with zero attached hydrogens (tertiary/aromatic N) is 2. The zero-order chi connectivity index (χ0) is 22.1. The number of alkyl carbamates (subject to hydrolysis) is 1. The van der Waals surface area contributed by atoms with Gasteiger partial charge in [-0.1, -0.05) is 35.3 Å². The molecule has 1 unspecified atom stereocenters. The second-order valence-electron chi connectivity index (χ2n) is 7.73. The first-order valence-corrected chi connectivity index (χ1v) is 9.94. The van der Waals surface area contributed by atoms with Crippen LogP contribution in [0.25, 0.3) is 16.9 Å². The van der Waals surface area contributed by atoms with Gasteiger partial charge in [0.05, 0.1) is 16.4 Å². The minimum atomic E-state index is -1.23. The molecule has 1 amide bonds. The number of fused-ring (bicyclic) bond motifs is 1. The van der Waals surface area contributed by atoms with Crippen LogP contribution < -0.4 is 5.32 Å². The van der Waals surface area contributed by atoms with Gasteiger partial charge in [-0.05, 0) is 45.0 Å². The molecule has 2 heterocycles. The van der Waals surface area contributed by atoms with E-state index in [-0.39, 0.29) is 6.42 Å². The summed E-state index contributed by atoms with van der Waals surface area (Å²) < 4.78 is 6.92. The van der Waals surface area contributed by atoms with Crippen molar-refractivity contribution in [2.45, 2.75) is 38.8 Å². The summed E-state index contributed by atoms with van der Waals surface area (Å²) in [5.74, 6) is -1.19. The summed E-state index contributed by atoms with van der Waals surface area (Å²) >= 11 is 12.1. The van der Waals surface area contributed by atoms with Gasteiger partial charge in [0.25, 0.3) is 0 Å². The first-order chi connectivity index (χ1) is 14.0. The van der Waals surface area contributed by atoms with Crippen molar-refractivity contribution < 1.29 is 19.4 Å². The number of carboxylic acid groups (broad SMARTS) is 1. The second kappa shape index (κ2) is 8.53. The molecular formula is C21H21Cl2N3O4. The lowest BCUT2D eigenvalue weighted by Crippen LogP contribution is -2.44. The summed E-state index contributed by atoms with van der Waals surface area (Å²) in [4.78, 5) is 28.7. The van der Waals surface area contributed by atoms with Crippen LogP contribution >= 0.6 is 23.2 Å². The van der Waals surface area contributed by atoms with Crippen molar-refractivity contribution in [3.8, 4) is 11.3 Å². The number of carboxylic acids is 1. The third kappa shape index (κ3) is 5.23. The number of carbonyl (C=O) groups excluding carboxylic acids is 1. The van der Waals surface area contributed by atoms with E-state index in [1.54, 1.807) is 67.8 Å². The number of imidazole rings is 1. The van der Waals surface area contributed by atoms with Crippen molar-refractivity contribution in [1.29, 1.82) is 0 Å². The van der Waals surface area contributed by atoms with E-state index in [1.807, 2.05) is 0 Å². The molecule has 0 aliphatic carbocycles. The van der Waals surface area contributed by atoms with Crippen LogP contribution in [0.15, 0.2) is 42.6 Å². The predicted octanol–water partition coefficient (Wildman–Crippen LogP) is 4.83. The van der Waals surface area contributed by atoms with E-state index in [9.17, 15) is 14.7 Å². The third-order valence-corrected chi connectivity index (χ3v) is 4.66. The predicted molar refractivity (Wildman–Crippen MR) is 115 cm³/mol. The normalized spacial score (nSPS) is 12.6. The summed E-state index contributed by atoms with van der Waals surface area (Å²) in [6, 6.07) is 9.26. The number of hydrogen-bond donors (Lipinski definition) is 2. The molecule has 0 spiro atoms. The van der Waals surface area contributed by atoms with Crippen molar-refractivity contribution in [2.75, 3.05) is 0 Å². The molecule has 3 rings (SSSR count). The number of halogens is 2. The fourth-order valence-corrected chi connectivity index (χ4v) is 3.23. The lowest BCUT2D eigenvalue weighted by Gasteiger charge is -2.22. The van der Waals surface area contributed by atoms with Crippen LogP contribution in [0.4, 0.5) is 4.79 Å². The molecule has 7 nitrogen and oxygen atoms in total. The molecular weight excluding hydrogens is 429 g/mol. The molecule has 0 radical (unpaired) electrons. The molecule has 0 aliphatic rings. The summed E-state index contributed by atoms with van der Waals surface area (Å²) in [6.45, 7) is 5.11. The monoisotopic (exact) mass is 449 g/mol. The van der Waals surface area contributed by atoms with E-state index in [0.717, 1.165) is 5.56 Å². The summed E-state index contributed by atoms with van der Waals surface area (Å²) in [6.07, 6.45) is 0.814. The second-order valence-corrected chi connectivity index (χ2v) is 8.60. The fraction of sp³-hybridized carbons (Fsp3) is 0.286. The first kappa shape index (κ1) is 21.9. The van der Waals surface area contributed by atoms with Crippen molar-refractivity contribution in [1.82, 2.24) is 14.7 Å². The molecule has 0 fully saturated rings. The molecule has 2 N–H and O–H groups in total. The molecule has 0 aliphatic heterocycles. The lowest BCUT2D eigenvalue weighted by atomic mass is 10.0. The highest BCUT2D eigenvalue weighted by atomic mass is 35.5. The number of amides is 1. The fourth-order valence-electron chi connectivity index (χ4n) is 2.94. The maximum atomic E-state index is 12.2. The quantitative estimate of drug-likeness (QED) is 0.581. The van der Waals surface area contributed by atoms with Gasteiger partial charge in [-0.3, -0.25) is 0 Å². The smallest absolute Gasteiger partial charge is 0.408 e. The molecule has 0 saturated heterocycles. The number of benzene rings is 1. The van der Waals surface area contributed by atoms with Crippen molar-refractivity contribution in [3.63, 3.8) is 0 Å². The molecule has 0 saturated carbocycles. The van der Waals surface area contributed by atoms with Gasteiger partial charge in [-0.25, -0.2) is 14.6 Å². The van der Waals surface area contributed by atoms with E-state index in [0.29, 0.717) is 27.1 Å². The van der Waals surface area contributed by atoms with E-state index in [4.69, 9.17) is 27.9 Å². The zero-order valence-corrected chi connectivity index (χ0v) is 18.2. The SMILES string of the molecule is CC(C)(C)OC(=O)NC(Cc1c(-c2ccc(Cl)cc2)nc2ccc(Cl)cn12)C(=O)O. The number of nitrogens with one attached hydrogen (secondary N) is 1. The van der Waals surface area contributed by atoms with Gasteiger partial charge in [0.1, 0.15) is 17.3 Å². The Morgan fingerprint density at radius 3 is 2.37 bits per heavy atom. The van der Waals surface area contributed by atoms with Crippen LogP contribution in [0, 0.1) is 0 Å². The Labute approximate surface area is 183 Å². The van der Waals surface area contributed by atoms with Crippen molar-refractivity contribution in [3.05, 3.63) is 58.3 Å². The average molecular weight is 450 g/mol. The Kier molecular flexibility index (Phi) is 6.24. The van der Waals surface area contributed by atoms with Gasteiger partial charge in [0.2, 0.25) is 0 Å². The maximum Gasteiger partial charge on any atom is 0.408 e. The maximum absolute atomic E-state index is 12.2. The number of pyridine rings is 1. The molecule has 3 aromatic rings. The molecule has 158 valence electrons. The standard InChI is InChI=1S/C21H21Cl2N3O4/c1-21(2,3)30-20(29)24-15(19(27)28)10-16-18(12-4-6-13(22)7-5-12)25-17-9-8-14(23)11-26(16)17/h4-9,11,15H,10H2,1-3H3,(H,24,29)(H,27,28). The van der Waals surface area contributed by atoms with Gasteiger partial charge < -0.3 is 19.6 Å². The van der Waals surface area contributed by atoms with E-state index in [1.165, 1.54) is 0 Å². The number of aromatic nitrogens is 2. The Morgan fingerprint density at radius 2 is 1.77 bits per heavy atom. The van der Waals surface area contributed by atoms with E-state index >= 15 is 0 Å².